The SMILES string of the molecule is CC(C)(c1ccccc1)c1ccc(C(O)(c2ccc(C(C)(C)c3ccccc3)cc2C(C)(C)c2ccccc2)C(CO)(CO)CO)c(C(C)(C)c2ccccc2)c1.OP(O)OP(O)O.OP(O)OP(O)O. The van der Waals surface area contributed by atoms with Crippen molar-refractivity contribution in [3.63, 3.8) is 0 Å². The van der Waals surface area contributed by atoms with Gasteiger partial charge in [0.05, 0.1) is 25.2 Å². The molecule has 6 aromatic rings. The molecule has 6 rings (SSSR count). The molecule has 0 unspecified atom stereocenters. The maximum absolute atomic E-state index is 14.2. The van der Waals surface area contributed by atoms with Crippen LogP contribution in [0.3, 0.4) is 0 Å². The van der Waals surface area contributed by atoms with Gasteiger partial charge in [-0.05, 0) is 55.6 Å². The van der Waals surface area contributed by atoms with E-state index in [1.54, 1.807) is 0 Å². The largest absolute Gasteiger partial charge is 0.395 e. The van der Waals surface area contributed by atoms with Gasteiger partial charge in [0.15, 0.2) is 0 Å². The van der Waals surface area contributed by atoms with Gasteiger partial charge in [0.1, 0.15) is 5.60 Å². The molecule has 0 atom stereocenters. The first-order chi connectivity index (χ1) is 33.3. The number of aliphatic hydroxyl groups excluding tert-OH is 3. The first-order valence-corrected chi connectivity index (χ1v) is 27.1. The van der Waals surface area contributed by atoms with Crippen molar-refractivity contribution in [2.45, 2.75) is 82.7 Å². The summed E-state index contributed by atoms with van der Waals surface area (Å²) in [4.78, 5) is 62.5. The fourth-order valence-corrected chi connectivity index (χ4v) is 9.98. The minimum atomic E-state index is -2.61. The minimum Gasteiger partial charge on any atom is -0.395 e. The number of hydrogen-bond acceptors (Lipinski definition) is 14. The molecule has 14 nitrogen and oxygen atoms in total. The molecule has 18 heteroatoms. The van der Waals surface area contributed by atoms with E-state index in [0.717, 1.165) is 44.5 Å². The molecule has 384 valence electrons. The summed E-state index contributed by atoms with van der Waals surface area (Å²) in [7, 11) is -10.4. The van der Waals surface area contributed by atoms with Crippen LogP contribution in [-0.4, -0.2) is 79.4 Å². The Balaban J connectivity index is 0.000000683. The van der Waals surface area contributed by atoms with E-state index < -0.39 is 86.9 Å². The molecular weight excluding hydrogens is 984 g/mol. The van der Waals surface area contributed by atoms with E-state index in [-0.39, 0.29) is 0 Å². The van der Waals surface area contributed by atoms with Crippen molar-refractivity contribution in [1.82, 2.24) is 0 Å². The van der Waals surface area contributed by atoms with Gasteiger partial charge in [0, 0.05) is 21.7 Å². The van der Waals surface area contributed by atoms with Crippen molar-refractivity contribution >= 4 is 34.4 Å². The number of rotatable bonds is 18. The second-order valence-corrected chi connectivity index (χ2v) is 22.5. The molecule has 0 saturated heterocycles. The summed E-state index contributed by atoms with van der Waals surface area (Å²) in [5.41, 5.74) is 3.08. The molecule has 0 aliphatic carbocycles. The van der Waals surface area contributed by atoms with E-state index in [1.165, 1.54) is 0 Å². The van der Waals surface area contributed by atoms with Crippen molar-refractivity contribution in [1.29, 1.82) is 0 Å². The molecule has 0 spiro atoms. The first-order valence-electron chi connectivity index (χ1n) is 22.4. The van der Waals surface area contributed by atoms with Crippen LogP contribution in [0.1, 0.15) is 111 Å². The lowest BCUT2D eigenvalue weighted by molar-refractivity contribution is -0.137. The van der Waals surface area contributed by atoms with Crippen LogP contribution in [0.5, 0.6) is 0 Å². The molecule has 71 heavy (non-hydrogen) atoms. The highest BCUT2D eigenvalue weighted by Gasteiger charge is 2.56. The van der Waals surface area contributed by atoms with Crippen molar-refractivity contribution in [3.8, 4) is 0 Å². The summed E-state index contributed by atoms with van der Waals surface area (Å²) in [6.07, 6.45) is 0. The number of aliphatic hydroxyl groups is 4. The van der Waals surface area contributed by atoms with Crippen LogP contribution < -0.4 is 0 Å². The highest BCUT2D eigenvalue weighted by atomic mass is 31.2. The normalized spacial score (nSPS) is 12.7. The molecule has 0 aliphatic heterocycles. The topological polar surface area (TPSA) is 261 Å². The first kappa shape index (κ1) is 60.0. The summed E-state index contributed by atoms with van der Waals surface area (Å²) in [5.74, 6) is 0. The Kier molecular flexibility index (Phi) is 21.7. The smallest absolute Gasteiger partial charge is 0.334 e. The fraction of sp³-hybridized carbons (Fsp3) is 0.321. The third-order valence-corrected chi connectivity index (χ3v) is 15.9. The molecule has 0 fully saturated rings. The Morgan fingerprint density at radius 3 is 0.775 bits per heavy atom. The molecule has 0 amide bonds. The van der Waals surface area contributed by atoms with E-state index >= 15 is 0 Å². The van der Waals surface area contributed by atoms with Gasteiger partial charge in [0.2, 0.25) is 0 Å². The second-order valence-electron chi connectivity index (χ2n) is 19.1. The fourth-order valence-electron chi connectivity index (χ4n) is 8.94. The quantitative estimate of drug-likeness (QED) is 0.0359. The standard InChI is InChI=1S/C53H60O4.2H4O5P2/c1-48(2,38-21-13-9-14-22-38)42-29-31-44(46(33-42)50(5,6)40-25-17-11-18-26-40)53(57,52(35-54,36-55)37-56)45-32-30-43(49(3,4)39-23-15-10-16-24-39)34-47(45)51(7,8)41-27-19-12-20-28-41;2*1-6(2)5-7(3)4/h9-34,54-57H,35-37H2,1-8H3;2*1-4H. The van der Waals surface area contributed by atoms with Gasteiger partial charge in [-0.15, -0.1) is 0 Å². The van der Waals surface area contributed by atoms with Crippen LogP contribution >= 0.6 is 34.4 Å². The zero-order chi connectivity index (χ0) is 53.0. The third kappa shape index (κ3) is 14.0. The summed E-state index contributed by atoms with van der Waals surface area (Å²) in [6.45, 7) is 15.4. The van der Waals surface area contributed by atoms with Crippen LogP contribution in [0.15, 0.2) is 158 Å². The summed E-state index contributed by atoms with van der Waals surface area (Å²) in [6, 6.07) is 53.7. The van der Waals surface area contributed by atoms with Crippen LogP contribution in [0, 0.1) is 5.41 Å². The summed E-state index contributed by atoms with van der Waals surface area (Å²) >= 11 is 0. The minimum absolute atomic E-state index is 0.410. The second kappa shape index (κ2) is 25.6. The molecule has 6 aromatic carbocycles. The molecule has 0 saturated carbocycles. The van der Waals surface area contributed by atoms with Gasteiger partial charge >= 0.3 is 34.4 Å². The average molecular weight is 1050 g/mol. The van der Waals surface area contributed by atoms with Crippen LogP contribution in [0.2, 0.25) is 0 Å². The Bertz CT molecular complexity index is 2360. The highest BCUT2D eigenvalue weighted by Crippen LogP contribution is 2.54. The Morgan fingerprint density at radius 1 is 0.324 bits per heavy atom. The van der Waals surface area contributed by atoms with Crippen molar-refractivity contribution in [2.75, 3.05) is 19.8 Å². The summed E-state index contributed by atoms with van der Waals surface area (Å²) < 4.78 is 7.20. The van der Waals surface area contributed by atoms with Crippen LogP contribution in [0.25, 0.3) is 0 Å². The van der Waals surface area contributed by atoms with Gasteiger partial charge < -0.3 is 59.6 Å². The van der Waals surface area contributed by atoms with E-state index in [0.29, 0.717) is 11.1 Å². The van der Waals surface area contributed by atoms with Gasteiger partial charge in [-0.2, -0.15) is 0 Å². The molecule has 12 N–H and O–H groups in total. The van der Waals surface area contributed by atoms with E-state index in [9.17, 15) is 20.4 Å². The zero-order valence-electron chi connectivity index (χ0n) is 41.1. The Labute approximate surface area is 422 Å². The van der Waals surface area contributed by atoms with Gasteiger partial charge in [0.25, 0.3) is 0 Å². The maximum Gasteiger partial charge on any atom is 0.334 e. The molecule has 0 bridgehead atoms. The molecule has 0 radical (unpaired) electrons. The van der Waals surface area contributed by atoms with Crippen molar-refractivity contribution < 1.29 is 68.2 Å². The van der Waals surface area contributed by atoms with E-state index in [1.807, 2.05) is 60.7 Å². The third-order valence-electron chi connectivity index (χ3n) is 13.6. The lowest BCUT2D eigenvalue weighted by Gasteiger charge is -2.49. The van der Waals surface area contributed by atoms with Crippen LogP contribution in [-0.2, 0) is 35.9 Å². The van der Waals surface area contributed by atoms with E-state index in [4.69, 9.17) is 39.1 Å². The lowest BCUT2D eigenvalue weighted by Crippen LogP contribution is -2.56. The van der Waals surface area contributed by atoms with Crippen LogP contribution in [0.4, 0.5) is 0 Å². The van der Waals surface area contributed by atoms with Gasteiger partial charge in [-0.1, -0.05) is 213 Å². The number of benzene rings is 6. The molecule has 0 heterocycles. The van der Waals surface area contributed by atoms with Crippen molar-refractivity contribution in [3.05, 3.63) is 213 Å². The predicted molar refractivity (Wildman–Crippen MR) is 281 cm³/mol. The average Bonchev–Trinajstić information content (AvgIpc) is 3.34. The number of hydrogen-bond donors (Lipinski definition) is 12. The summed E-state index contributed by atoms with van der Waals surface area (Å²) in [5, 5.41) is 48.5. The maximum atomic E-state index is 14.2. The van der Waals surface area contributed by atoms with E-state index in [2.05, 4.69) is 161 Å². The molecule has 0 aromatic heterocycles. The predicted octanol–water partition coefficient (Wildman–Crippen LogP) is 9.04. The van der Waals surface area contributed by atoms with Gasteiger partial charge in [-0.25, -0.2) is 8.62 Å². The highest BCUT2D eigenvalue weighted by molar-refractivity contribution is 7.53. The van der Waals surface area contributed by atoms with Crippen molar-refractivity contribution in [2.24, 2.45) is 5.41 Å². The van der Waals surface area contributed by atoms with Gasteiger partial charge in [-0.3, -0.25) is 0 Å². The monoisotopic (exact) mass is 1050 g/mol. The Morgan fingerprint density at radius 2 is 0.563 bits per heavy atom. The Hall–Kier alpha value is -3.52. The lowest BCUT2D eigenvalue weighted by atomic mass is 9.58. The molecule has 0 aliphatic rings. The molecular formula is C53H68O14P4. The zero-order valence-corrected chi connectivity index (χ0v) is 44.7.